The summed E-state index contributed by atoms with van der Waals surface area (Å²) in [6.45, 7) is 3.27. The van der Waals surface area contributed by atoms with Gasteiger partial charge in [0.25, 0.3) is 0 Å². The van der Waals surface area contributed by atoms with Crippen LogP contribution in [-0.4, -0.2) is 57.6 Å². The van der Waals surface area contributed by atoms with Crippen LogP contribution in [-0.2, 0) is 16.0 Å². The Kier molecular flexibility index (Phi) is 5.92. The zero-order valence-corrected chi connectivity index (χ0v) is 20.6. The highest BCUT2D eigenvalue weighted by Crippen LogP contribution is 2.53. The van der Waals surface area contributed by atoms with Gasteiger partial charge < -0.3 is 24.8 Å². The van der Waals surface area contributed by atoms with Crippen molar-refractivity contribution in [3.8, 4) is 17.2 Å². The van der Waals surface area contributed by atoms with Gasteiger partial charge in [-0.15, -0.1) is 0 Å². The number of rotatable bonds is 4. The molecule has 2 aromatic rings. The second-order valence-corrected chi connectivity index (χ2v) is 10.3. The minimum Gasteiger partial charge on any atom is -0.507 e. The number of aromatic hydroxyl groups is 2. The maximum Gasteiger partial charge on any atom is 0.202 e. The standard InChI is InChI=1S/C28H30O8/c1-13-6-4-7-16(36-13)10-15-11-28(34,14(2)29)12-18-20(15)26(32)23-22(25(18)31)24(30)17-8-5-9-19(35-3)21(17)27(23)33/h5,8-9,13,15-16,31-32,34H,4,6-7,10-12H2,1-3H3/t13-,15-,16+,28+/m0/s1. The molecule has 0 bridgehead atoms. The summed E-state index contributed by atoms with van der Waals surface area (Å²) in [5, 5.41) is 34.1. The number of ketones is 3. The molecular formula is C28H30O8. The molecule has 0 aromatic heterocycles. The molecule has 8 heteroatoms. The molecule has 0 unspecified atom stereocenters. The third kappa shape index (κ3) is 3.62. The summed E-state index contributed by atoms with van der Waals surface area (Å²) >= 11 is 0. The van der Waals surface area contributed by atoms with Crippen LogP contribution in [0.1, 0.15) is 94.8 Å². The number of methoxy groups -OCH3 is 1. The van der Waals surface area contributed by atoms with Gasteiger partial charge in [0.05, 0.1) is 36.0 Å². The van der Waals surface area contributed by atoms with Crippen LogP contribution < -0.4 is 4.74 Å². The maximum atomic E-state index is 13.6. The highest BCUT2D eigenvalue weighted by Gasteiger charge is 2.48. The zero-order valence-electron chi connectivity index (χ0n) is 20.6. The first-order valence-electron chi connectivity index (χ1n) is 12.3. The maximum absolute atomic E-state index is 13.6. The average Bonchev–Trinajstić information content (AvgIpc) is 2.83. The topological polar surface area (TPSA) is 130 Å². The van der Waals surface area contributed by atoms with Crippen molar-refractivity contribution >= 4 is 17.3 Å². The number of carbonyl (C=O) groups excluding carboxylic acids is 3. The van der Waals surface area contributed by atoms with Crippen molar-refractivity contribution in [2.75, 3.05) is 7.11 Å². The number of carbonyl (C=O) groups is 3. The van der Waals surface area contributed by atoms with Gasteiger partial charge in [-0.2, -0.15) is 0 Å². The molecule has 1 heterocycles. The van der Waals surface area contributed by atoms with Crippen molar-refractivity contribution in [3.63, 3.8) is 0 Å². The second-order valence-electron chi connectivity index (χ2n) is 10.3. The monoisotopic (exact) mass is 494 g/mol. The van der Waals surface area contributed by atoms with E-state index >= 15 is 0 Å². The highest BCUT2D eigenvalue weighted by molar-refractivity contribution is 6.31. The summed E-state index contributed by atoms with van der Waals surface area (Å²) in [4.78, 5) is 39.6. The molecule has 3 N–H and O–H groups in total. The van der Waals surface area contributed by atoms with Crippen LogP contribution in [0.15, 0.2) is 18.2 Å². The second kappa shape index (κ2) is 8.71. The van der Waals surface area contributed by atoms with Crippen molar-refractivity contribution in [2.45, 2.75) is 76.1 Å². The van der Waals surface area contributed by atoms with Crippen molar-refractivity contribution in [3.05, 3.63) is 51.6 Å². The fourth-order valence-electron chi connectivity index (χ4n) is 6.17. The molecule has 2 aromatic carbocycles. The van der Waals surface area contributed by atoms with E-state index in [0.717, 1.165) is 19.3 Å². The Labute approximate surface area is 208 Å². The van der Waals surface area contributed by atoms with Crippen LogP contribution in [0.4, 0.5) is 0 Å². The zero-order chi connectivity index (χ0) is 25.9. The SMILES string of the molecule is COc1cccc2c1C(=O)c1c(O)c3c(c(O)c1C2=O)C[C@@](O)(C(C)=O)C[C@@H]3C[C@H]1CCC[C@H](C)O1. The summed E-state index contributed by atoms with van der Waals surface area (Å²) in [5.74, 6) is -2.98. The largest absolute Gasteiger partial charge is 0.507 e. The number of hydrogen-bond donors (Lipinski definition) is 3. The Morgan fingerprint density at radius 1 is 1.11 bits per heavy atom. The lowest BCUT2D eigenvalue weighted by molar-refractivity contribution is -0.137. The lowest BCUT2D eigenvalue weighted by Crippen LogP contribution is -2.45. The van der Waals surface area contributed by atoms with Crippen LogP contribution in [0.25, 0.3) is 0 Å². The van der Waals surface area contributed by atoms with Crippen molar-refractivity contribution in [1.29, 1.82) is 0 Å². The van der Waals surface area contributed by atoms with Gasteiger partial charge in [0.1, 0.15) is 22.8 Å². The molecule has 0 saturated carbocycles. The number of phenols is 2. The molecular weight excluding hydrogens is 464 g/mol. The molecule has 0 radical (unpaired) electrons. The van der Waals surface area contributed by atoms with Crippen LogP contribution in [0.5, 0.6) is 17.2 Å². The van der Waals surface area contributed by atoms with Gasteiger partial charge in [-0.05, 0) is 57.9 Å². The molecule has 0 amide bonds. The molecule has 190 valence electrons. The van der Waals surface area contributed by atoms with E-state index in [-0.39, 0.29) is 58.6 Å². The smallest absolute Gasteiger partial charge is 0.202 e. The Hall–Kier alpha value is -3.23. The summed E-state index contributed by atoms with van der Waals surface area (Å²) in [5.41, 5.74) is -1.87. The van der Waals surface area contributed by atoms with Gasteiger partial charge in [-0.25, -0.2) is 0 Å². The molecule has 1 fully saturated rings. The van der Waals surface area contributed by atoms with E-state index < -0.39 is 40.4 Å². The van der Waals surface area contributed by atoms with Gasteiger partial charge in [0.15, 0.2) is 11.6 Å². The quantitative estimate of drug-likeness (QED) is 0.469. The molecule has 1 saturated heterocycles. The van der Waals surface area contributed by atoms with Crippen LogP contribution in [0, 0.1) is 0 Å². The predicted molar refractivity (Wildman–Crippen MR) is 129 cm³/mol. The van der Waals surface area contributed by atoms with Crippen molar-refractivity contribution in [2.24, 2.45) is 0 Å². The molecule has 8 nitrogen and oxygen atoms in total. The molecule has 36 heavy (non-hydrogen) atoms. The Balaban J connectivity index is 1.71. The normalized spacial score (nSPS) is 27.2. The fraction of sp³-hybridized carbons (Fsp3) is 0.464. The first kappa shape index (κ1) is 24.5. The first-order chi connectivity index (χ1) is 17.1. The third-order valence-corrected chi connectivity index (χ3v) is 7.99. The van der Waals surface area contributed by atoms with E-state index in [4.69, 9.17) is 9.47 Å². The summed E-state index contributed by atoms with van der Waals surface area (Å²) in [6, 6.07) is 4.59. The van der Waals surface area contributed by atoms with Crippen LogP contribution in [0.2, 0.25) is 0 Å². The number of Topliss-reactive ketones (excluding diaryl/α,β-unsaturated/α-hetero) is 1. The number of hydrogen-bond acceptors (Lipinski definition) is 8. The summed E-state index contributed by atoms with van der Waals surface area (Å²) in [6.07, 6.45) is 2.71. The van der Waals surface area contributed by atoms with Gasteiger partial charge in [0, 0.05) is 23.1 Å². The lowest BCUT2D eigenvalue weighted by Gasteiger charge is -2.40. The number of aliphatic hydroxyl groups is 1. The lowest BCUT2D eigenvalue weighted by atomic mass is 9.67. The molecule has 2 aliphatic carbocycles. The Morgan fingerprint density at radius 3 is 2.50 bits per heavy atom. The van der Waals surface area contributed by atoms with Gasteiger partial charge in [0.2, 0.25) is 5.78 Å². The van der Waals surface area contributed by atoms with Crippen LogP contribution in [0.3, 0.4) is 0 Å². The highest BCUT2D eigenvalue weighted by atomic mass is 16.5. The number of ether oxygens (including phenoxy) is 2. The minimum atomic E-state index is -1.78. The van der Waals surface area contributed by atoms with Crippen LogP contribution >= 0.6 is 0 Å². The number of fused-ring (bicyclic) bond motifs is 3. The van der Waals surface area contributed by atoms with Crippen molar-refractivity contribution < 1.29 is 39.2 Å². The van der Waals surface area contributed by atoms with Gasteiger partial charge >= 0.3 is 0 Å². The van der Waals surface area contributed by atoms with Gasteiger partial charge in [-0.1, -0.05) is 12.1 Å². The number of phenolic OH excluding ortho intramolecular Hbond substituents is 2. The van der Waals surface area contributed by atoms with E-state index in [0.29, 0.717) is 12.0 Å². The van der Waals surface area contributed by atoms with E-state index in [9.17, 15) is 29.7 Å². The van der Waals surface area contributed by atoms with E-state index in [1.165, 1.54) is 20.1 Å². The molecule has 0 spiro atoms. The number of benzene rings is 2. The summed E-state index contributed by atoms with van der Waals surface area (Å²) < 4.78 is 11.4. The molecule has 1 aliphatic heterocycles. The molecule has 4 atom stereocenters. The Morgan fingerprint density at radius 2 is 1.83 bits per heavy atom. The summed E-state index contributed by atoms with van der Waals surface area (Å²) in [7, 11) is 1.39. The first-order valence-corrected chi connectivity index (χ1v) is 12.3. The average molecular weight is 495 g/mol. The van der Waals surface area contributed by atoms with E-state index in [1.807, 2.05) is 6.92 Å². The fourth-order valence-corrected chi connectivity index (χ4v) is 6.17. The Bertz CT molecular complexity index is 1300. The minimum absolute atomic E-state index is 0.0113. The molecule has 3 aliphatic rings. The molecule has 5 rings (SSSR count). The van der Waals surface area contributed by atoms with E-state index in [1.54, 1.807) is 12.1 Å². The van der Waals surface area contributed by atoms with Gasteiger partial charge in [-0.3, -0.25) is 14.4 Å². The predicted octanol–water partition coefficient (Wildman–Crippen LogP) is 3.58. The van der Waals surface area contributed by atoms with E-state index in [2.05, 4.69) is 0 Å². The third-order valence-electron chi connectivity index (χ3n) is 7.99. The van der Waals surface area contributed by atoms with Crippen molar-refractivity contribution in [1.82, 2.24) is 0 Å².